The molecule has 6 fully saturated rings. The Morgan fingerprint density at radius 2 is 0.760 bits per heavy atom. The van der Waals surface area contributed by atoms with Crippen LogP contribution in [-0.4, -0.2) is 116 Å². The lowest BCUT2D eigenvalue weighted by atomic mass is 9.70. The zero-order chi connectivity index (χ0) is 33.5. The van der Waals surface area contributed by atoms with Crippen molar-refractivity contribution in [3.63, 3.8) is 0 Å². The molecular formula is C38H42O12. The summed E-state index contributed by atoms with van der Waals surface area (Å²) in [6, 6.07) is 18.1. The number of hydrogen-bond acceptors (Lipinski definition) is 12. The molecule has 0 radical (unpaired) electrons. The molecule has 0 bridgehead atoms. The molecule has 0 N–H and O–H groups in total. The van der Waals surface area contributed by atoms with Gasteiger partial charge in [-0.2, -0.15) is 0 Å². The monoisotopic (exact) mass is 690 g/mol. The predicted molar refractivity (Wildman–Crippen MR) is 176 cm³/mol. The van der Waals surface area contributed by atoms with E-state index in [1.807, 2.05) is 30.3 Å². The largest absolute Gasteiger partial charge is 0.491 e. The van der Waals surface area contributed by atoms with Crippen molar-refractivity contribution >= 4 is 0 Å². The highest BCUT2D eigenvalue weighted by atomic mass is 16.6. The highest BCUT2D eigenvalue weighted by Gasteiger charge is 2.40. The van der Waals surface area contributed by atoms with Crippen molar-refractivity contribution in [1.29, 1.82) is 0 Å². The standard InChI is InChI=1S/C38H42O12/c1-38(23-6-26(41-13-30-17-45-30)8-27(7-23)42-14-31-18-46-31,34-4-2-24(39-11-28-15-43-28)9-36(34)49-21-32-19-47-32)35-5-3-25(40-12-29-16-44-29)10-37(35)50-22-33-20-48-33/h2-10,28-33H,11-22H2,1H3. The van der Waals surface area contributed by atoms with Gasteiger partial charge in [-0.1, -0.05) is 12.1 Å². The molecule has 266 valence electrons. The van der Waals surface area contributed by atoms with Gasteiger partial charge in [0.25, 0.3) is 0 Å². The summed E-state index contributed by atoms with van der Waals surface area (Å²) in [4.78, 5) is 0. The number of benzene rings is 3. The molecule has 6 heterocycles. The Hall–Kier alpha value is -3.78. The Labute approximate surface area is 290 Å². The van der Waals surface area contributed by atoms with Crippen LogP contribution in [0.2, 0.25) is 0 Å². The van der Waals surface area contributed by atoms with Crippen LogP contribution in [-0.2, 0) is 33.8 Å². The van der Waals surface area contributed by atoms with E-state index in [0.29, 0.717) is 114 Å². The Bertz CT molecular complexity index is 1540. The topological polar surface area (TPSA) is 131 Å². The van der Waals surface area contributed by atoms with E-state index in [-0.39, 0.29) is 36.6 Å². The molecule has 3 aromatic carbocycles. The summed E-state index contributed by atoms with van der Waals surface area (Å²) in [6.45, 7) is 9.01. The highest BCUT2D eigenvalue weighted by Crippen LogP contribution is 2.50. The molecule has 6 unspecified atom stereocenters. The summed E-state index contributed by atoms with van der Waals surface area (Å²) in [6.07, 6.45) is 0.517. The average Bonchev–Trinajstić information content (AvgIpc) is 3.91. The smallest absolute Gasteiger partial charge is 0.127 e. The van der Waals surface area contributed by atoms with Crippen LogP contribution in [0, 0.1) is 0 Å². The van der Waals surface area contributed by atoms with Crippen molar-refractivity contribution < 1.29 is 56.8 Å². The van der Waals surface area contributed by atoms with Gasteiger partial charge >= 0.3 is 0 Å². The van der Waals surface area contributed by atoms with E-state index in [0.717, 1.165) is 16.7 Å². The zero-order valence-corrected chi connectivity index (χ0v) is 28.0. The van der Waals surface area contributed by atoms with Crippen LogP contribution in [0.1, 0.15) is 23.6 Å². The molecule has 0 saturated carbocycles. The van der Waals surface area contributed by atoms with Crippen molar-refractivity contribution in [2.75, 3.05) is 79.3 Å². The second kappa shape index (κ2) is 13.7. The van der Waals surface area contributed by atoms with Crippen molar-refractivity contribution in [2.24, 2.45) is 0 Å². The lowest BCUT2D eigenvalue weighted by Gasteiger charge is -2.35. The molecule has 6 aliphatic heterocycles. The summed E-state index contributed by atoms with van der Waals surface area (Å²) in [7, 11) is 0. The summed E-state index contributed by atoms with van der Waals surface area (Å²) in [5.41, 5.74) is 1.86. The molecule has 12 heteroatoms. The first-order valence-electron chi connectivity index (χ1n) is 17.5. The highest BCUT2D eigenvalue weighted by molar-refractivity contribution is 5.62. The SMILES string of the molecule is CC(c1cc(OCC2CO2)cc(OCC2CO2)c1)(c1ccc(OCC2CO2)cc1OCC1CO1)c1ccc(OCC2CO2)cc1OCC1CO1. The van der Waals surface area contributed by atoms with Crippen LogP contribution in [0.5, 0.6) is 34.5 Å². The van der Waals surface area contributed by atoms with Gasteiger partial charge in [0, 0.05) is 34.7 Å². The minimum atomic E-state index is -0.862. The number of rotatable bonds is 21. The van der Waals surface area contributed by atoms with Gasteiger partial charge in [-0.05, 0) is 36.8 Å². The third kappa shape index (κ3) is 8.22. The lowest BCUT2D eigenvalue weighted by molar-refractivity contribution is 0.246. The summed E-state index contributed by atoms with van der Waals surface area (Å²) < 4.78 is 70.7. The lowest BCUT2D eigenvalue weighted by Crippen LogP contribution is -2.28. The number of hydrogen-bond donors (Lipinski definition) is 0. The van der Waals surface area contributed by atoms with Gasteiger partial charge in [-0.3, -0.25) is 0 Å². The van der Waals surface area contributed by atoms with E-state index in [1.54, 1.807) is 0 Å². The van der Waals surface area contributed by atoms with Gasteiger partial charge in [0.15, 0.2) is 0 Å². The molecule has 50 heavy (non-hydrogen) atoms. The minimum absolute atomic E-state index is 0.0499. The van der Waals surface area contributed by atoms with E-state index < -0.39 is 5.41 Å². The Morgan fingerprint density at radius 1 is 0.440 bits per heavy atom. The molecule has 0 amide bonds. The fourth-order valence-electron chi connectivity index (χ4n) is 5.84. The maximum Gasteiger partial charge on any atom is 0.127 e. The third-order valence-electron chi connectivity index (χ3n) is 9.45. The second-order valence-electron chi connectivity index (χ2n) is 13.7. The molecule has 0 aromatic heterocycles. The predicted octanol–water partition coefficient (Wildman–Crippen LogP) is 3.71. The summed E-state index contributed by atoms with van der Waals surface area (Å²) in [5, 5.41) is 0. The van der Waals surface area contributed by atoms with Gasteiger partial charge in [-0.15, -0.1) is 0 Å². The average molecular weight is 691 g/mol. The van der Waals surface area contributed by atoms with Gasteiger partial charge in [-0.25, -0.2) is 0 Å². The molecule has 6 aliphatic rings. The van der Waals surface area contributed by atoms with E-state index in [9.17, 15) is 0 Å². The molecule has 12 nitrogen and oxygen atoms in total. The molecule has 9 rings (SSSR count). The second-order valence-corrected chi connectivity index (χ2v) is 13.7. The van der Waals surface area contributed by atoms with Crippen LogP contribution in [0.3, 0.4) is 0 Å². The van der Waals surface area contributed by atoms with Gasteiger partial charge in [0.2, 0.25) is 0 Å². The quantitative estimate of drug-likeness (QED) is 0.119. The van der Waals surface area contributed by atoms with Crippen LogP contribution < -0.4 is 28.4 Å². The zero-order valence-electron chi connectivity index (χ0n) is 28.0. The Morgan fingerprint density at radius 3 is 1.10 bits per heavy atom. The van der Waals surface area contributed by atoms with Crippen LogP contribution in [0.25, 0.3) is 0 Å². The Balaban J connectivity index is 1.16. The molecule has 6 saturated heterocycles. The van der Waals surface area contributed by atoms with Gasteiger partial charge in [0.1, 0.15) is 111 Å². The fraction of sp³-hybridized carbons (Fsp3) is 0.526. The van der Waals surface area contributed by atoms with E-state index >= 15 is 0 Å². The first-order valence-corrected chi connectivity index (χ1v) is 17.5. The third-order valence-corrected chi connectivity index (χ3v) is 9.45. The summed E-state index contributed by atoms with van der Waals surface area (Å²) in [5.74, 6) is 4.08. The normalized spacial score (nSPS) is 27.8. The number of ether oxygens (including phenoxy) is 12. The van der Waals surface area contributed by atoms with Crippen LogP contribution in [0.15, 0.2) is 54.6 Å². The van der Waals surface area contributed by atoms with E-state index in [4.69, 9.17) is 56.8 Å². The van der Waals surface area contributed by atoms with Crippen molar-refractivity contribution in [3.8, 4) is 34.5 Å². The van der Waals surface area contributed by atoms with Crippen LogP contribution >= 0.6 is 0 Å². The first-order chi connectivity index (χ1) is 24.5. The Kier molecular flexibility index (Phi) is 8.83. The van der Waals surface area contributed by atoms with E-state index in [2.05, 4.69) is 31.2 Å². The van der Waals surface area contributed by atoms with E-state index in [1.165, 1.54) is 0 Å². The summed E-state index contributed by atoms with van der Waals surface area (Å²) >= 11 is 0. The van der Waals surface area contributed by atoms with Gasteiger partial charge < -0.3 is 56.8 Å². The van der Waals surface area contributed by atoms with Crippen LogP contribution in [0.4, 0.5) is 0 Å². The maximum atomic E-state index is 6.56. The molecule has 0 aliphatic carbocycles. The fourth-order valence-corrected chi connectivity index (χ4v) is 5.84. The number of epoxide rings is 6. The van der Waals surface area contributed by atoms with Crippen molar-refractivity contribution in [3.05, 3.63) is 71.3 Å². The minimum Gasteiger partial charge on any atom is -0.491 e. The van der Waals surface area contributed by atoms with Gasteiger partial charge in [0.05, 0.1) is 39.6 Å². The maximum absolute atomic E-state index is 6.56. The van der Waals surface area contributed by atoms with Crippen molar-refractivity contribution in [2.45, 2.75) is 49.0 Å². The first kappa shape index (κ1) is 32.1. The molecule has 0 spiro atoms. The molecular weight excluding hydrogens is 648 g/mol. The molecule has 6 atom stereocenters. The van der Waals surface area contributed by atoms with Crippen molar-refractivity contribution in [1.82, 2.24) is 0 Å². The molecule has 3 aromatic rings.